The third-order valence-electron chi connectivity index (χ3n) is 3.25. The predicted octanol–water partition coefficient (Wildman–Crippen LogP) is 4.41. The number of nitrogens with one attached hydrogen (secondary N) is 1. The van der Waals surface area contributed by atoms with Crippen molar-refractivity contribution in [2.45, 2.75) is 20.8 Å². The van der Waals surface area contributed by atoms with Crippen LogP contribution in [-0.4, -0.2) is 9.97 Å². The van der Waals surface area contributed by atoms with Crippen molar-refractivity contribution in [1.29, 1.82) is 0 Å². The number of benzene rings is 1. The molecule has 0 saturated heterocycles. The molecule has 0 aliphatic heterocycles. The first kappa shape index (κ1) is 13.4. The highest BCUT2D eigenvalue weighted by Gasteiger charge is 2.09. The minimum Gasteiger partial charge on any atom is -0.466 e. The van der Waals surface area contributed by atoms with Gasteiger partial charge < -0.3 is 9.73 Å². The predicted molar refractivity (Wildman–Crippen MR) is 83.7 cm³/mol. The number of nitrogens with zero attached hydrogens (tertiary/aromatic N) is 2. The Morgan fingerprint density at radius 2 is 1.90 bits per heavy atom. The first-order valence-corrected chi connectivity index (χ1v) is 6.86. The Morgan fingerprint density at radius 1 is 1.05 bits per heavy atom. The molecule has 2 heterocycles. The molecule has 3 aromatic rings. The molecule has 0 bridgehead atoms. The van der Waals surface area contributed by atoms with E-state index in [9.17, 15) is 0 Å². The van der Waals surface area contributed by atoms with E-state index in [1.807, 2.05) is 38.1 Å². The molecule has 2 aromatic heterocycles. The number of rotatable bonds is 3. The Balaban J connectivity index is 1.92. The minimum absolute atomic E-state index is 0.580. The maximum atomic E-state index is 5.56. The summed E-state index contributed by atoms with van der Waals surface area (Å²) < 4.78 is 5.56. The molecule has 106 valence electrons. The van der Waals surface area contributed by atoms with Crippen LogP contribution >= 0.6 is 0 Å². The Hall–Kier alpha value is -2.62. The Morgan fingerprint density at radius 3 is 2.62 bits per heavy atom. The maximum Gasteiger partial charge on any atom is 0.227 e. The lowest BCUT2D eigenvalue weighted by molar-refractivity contribution is 0.505. The van der Waals surface area contributed by atoms with E-state index in [1.54, 1.807) is 6.20 Å². The van der Waals surface area contributed by atoms with Crippen LogP contribution < -0.4 is 5.32 Å². The van der Waals surface area contributed by atoms with E-state index in [-0.39, 0.29) is 0 Å². The van der Waals surface area contributed by atoms with E-state index in [0.29, 0.717) is 5.95 Å². The molecule has 4 nitrogen and oxygen atoms in total. The summed E-state index contributed by atoms with van der Waals surface area (Å²) in [5.74, 6) is 2.33. The molecule has 3 rings (SSSR count). The van der Waals surface area contributed by atoms with E-state index in [4.69, 9.17) is 4.42 Å². The molecule has 4 heteroatoms. The number of hydrogen-bond acceptors (Lipinski definition) is 4. The van der Waals surface area contributed by atoms with Gasteiger partial charge >= 0.3 is 0 Å². The zero-order valence-electron chi connectivity index (χ0n) is 12.3. The van der Waals surface area contributed by atoms with Crippen LogP contribution in [0.5, 0.6) is 0 Å². The smallest absolute Gasteiger partial charge is 0.227 e. The highest BCUT2D eigenvalue weighted by Crippen LogP contribution is 2.25. The summed E-state index contributed by atoms with van der Waals surface area (Å²) in [7, 11) is 0. The number of anilines is 2. The van der Waals surface area contributed by atoms with E-state index in [0.717, 1.165) is 28.5 Å². The van der Waals surface area contributed by atoms with Gasteiger partial charge in [-0.1, -0.05) is 12.1 Å². The van der Waals surface area contributed by atoms with E-state index in [2.05, 4.69) is 34.3 Å². The van der Waals surface area contributed by atoms with Crippen LogP contribution in [0.3, 0.4) is 0 Å². The van der Waals surface area contributed by atoms with Crippen LogP contribution in [0, 0.1) is 20.8 Å². The highest BCUT2D eigenvalue weighted by atomic mass is 16.3. The van der Waals surface area contributed by atoms with Gasteiger partial charge in [-0.25, -0.2) is 9.97 Å². The molecule has 1 aromatic carbocycles. The summed E-state index contributed by atoms with van der Waals surface area (Å²) in [6, 6.07) is 12.0. The topological polar surface area (TPSA) is 51.0 Å². The SMILES string of the molecule is Cc1cccc(Nc2nccc(-c3cc(C)oc3C)n2)c1. The van der Waals surface area contributed by atoms with Gasteiger partial charge in [0.15, 0.2) is 0 Å². The fourth-order valence-corrected chi connectivity index (χ4v) is 2.31. The second-order valence-corrected chi connectivity index (χ2v) is 5.09. The molecule has 0 unspecified atom stereocenters. The van der Waals surface area contributed by atoms with Gasteiger partial charge in [0.1, 0.15) is 11.5 Å². The molecule has 0 aliphatic carbocycles. The second kappa shape index (κ2) is 5.40. The number of furan rings is 1. The lowest BCUT2D eigenvalue weighted by Crippen LogP contribution is -1.98. The van der Waals surface area contributed by atoms with Crippen molar-refractivity contribution < 1.29 is 4.42 Å². The summed E-state index contributed by atoms with van der Waals surface area (Å²) in [5, 5.41) is 3.23. The Labute approximate surface area is 123 Å². The normalized spacial score (nSPS) is 10.6. The molecule has 0 aliphatic rings. The fraction of sp³-hybridized carbons (Fsp3) is 0.176. The fourth-order valence-electron chi connectivity index (χ4n) is 2.31. The third kappa shape index (κ3) is 2.94. The Kier molecular flexibility index (Phi) is 3.44. The van der Waals surface area contributed by atoms with Gasteiger partial charge in [0.2, 0.25) is 5.95 Å². The van der Waals surface area contributed by atoms with Crippen molar-refractivity contribution in [3.63, 3.8) is 0 Å². The molecule has 0 spiro atoms. The lowest BCUT2D eigenvalue weighted by Gasteiger charge is -2.06. The molecule has 0 atom stereocenters. The van der Waals surface area contributed by atoms with E-state index >= 15 is 0 Å². The van der Waals surface area contributed by atoms with Gasteiger partial charge in [0.05, 0.1) is 5.69 Å². The molecule has 0 saturated carbocycles. The maximum absolute atomic E-state index is 5.56. The summed E-state index contributed by atoms with van der Waals surface area (Å²) in [5.41, 5.74) is 4.03. The standard InChI is InChI=1S/C17H17N3O/c1-11-5-4-6-14(9-11)19-17-18-8-7-16(20-17)15-10-12(2)21-13(15)3/h4-10H,1-3H3,(H,18,19,20). The van der Waals surface area contributed by atoms with Crippen LogP contribution in [0.1, 0.15) is 17.1 Å². The number of aryl methyl sites for hydroxylation is 3. The van der Waals surface area contributed by atoms with Crippen molar-refractivity contribution in [1.82, 2.24) is 9.97 Å². The van der Waals surface area contributed by atoms with Gasteiger partial charge in [0, 0.05) is 17.4 Å². The molecular formula is C17H17N3O. The third-order valence-corrected chi connectivity index (χ3v) is 3.25. The number of hydrogen-bond donors (Lipinski definition) is 1. The van der Waals surface area contributed by atoms with Crippen molar-refractivity contribution in [2.75, 3.05) is 5.32 Å². The average Bonchev–Trinajstić information content (AvgIpc) is 2.78. The molecule has 21 heavy (non-hydrogen) atoms. The first-order chi connectivity index (χ1) is 10.1. The molecule has 0 amide bonds. The quantitative estimate of drug-likeness (QED) is 0.771. The van der Waals surface area contributed by atoms with Crippen LogP contribution in [0.25, 0.3) is 11.3 Å². The van der Waals surface area contributed by atoms with Crippen LogP contribution in [0.15, 0.2) is 47.0 Å². The van der Waals surface area contributed by atoms with Gasteiger partial charge in [0.25, 0.3) is 0 Å². The van der Waals surface area contributed by atoms with Crippen LogP contribution in [-0.2, 0) is 0 Å². The zero-order chi connectivity index (χ0) is 14.8. The monoisotopic (exact) mass is 279 g/mol. The zero-order valence-corrected chi connectivity index (χ0v) is 12.3. The molecule has 0 fully saturated rings. The van der Waals surface area contributed by atoms with Crippen LogP contribution in [0.4, 0.5) is 11.6 Å². The van der Waals surface area contributed by atoms with Gasteiger partial charge in [-0.3, -0.25) is 0 Å². The van der Waals surface area contributed by atoms with E-state index in [1.165, 1.54) is 5.56 Å². The molecule has 1 N–H and O–H groups in total. The van der Waals surface area contributed by atoms with Crippen molar-refractivity contribution in [3.8, 4) is 11.3 Å². The highest BCUT2D eigenvalue weighted by molar-refractivity contribution is 5.64. The summed E-state index contributed by atoms with van der Waals surface area (Å²) in [6.45, 7) is 5.93. The average molecular weight is 279 g/mol. The van der Waals surface area contributed by atoms with E-state index < -0.39 is 0 Å². The van der Waals surface area contributed by atoms with Gasteiger partial charge in [-0.2, -0.15) is 0 Å². The Bertz CT molecular complexity index is 777. The number of aromatic nitrogens is 2. The van der Waals surface area contributed by atoms with Crippen molar-refractivity contribution in [2.24, 2.45) is 0 Å². The second-order valence-electron chi connectivity index (χ2n) is 5.09. The largest absolute Gasteiger partial charge is 0.466 e. The summed E-state index contributed by atoms with van der Waals surface area (Å²) in [6.07, 6.45) is 1.75. The first-order valence-electron chi connectivity index (χ1n) is 6.86. The van der Waals surface area contributed by atoms with Crippen molar-refractivity contribution >= 4 is 11.6 Å². The lowest BCUT2D eigenvalue weighted by atomic mass is 10.2. The summed E-state index contributed by atoms with van der Waals surface area (Å²) >= 11 is 0. The van der Waals surface area contributed by atoms with Gasteiger partial charge in [-0.05, 0) is 50.6 Å². The van der Waals surface area contributed by atoms with Crippen LogP contribution in [0.2, 0.25) is 0 Å². The minimum atomic E-state index is 0.580. The summed E-state index contributed by atoms with van der Waals surface area (Å²) in [4.78, 5) is 8.83. The molecule has 0 radical (unpaired) electrons. The van der Waals surface area contributed by atoms with Crippen molar-refractivity contribution in [3.05, 3.63) is 59.7 Å². The van der Waals surface area contributed by atoms with Gasteiger partial charge in [-0.15, -0.1) is 0 Å². The molecular weight excluding hydrogens is 262 g/mol.